The highest BCUT2D eigenvalue weighted by Gasteiger charge is 2.11. The van der Waals surface area contributed by atoms with Crippen LogP contribution in [0.2, 0.25) is 0 Å². The van der Waals surface area contributed by atoms with Crippen molar-refractivity contribution in [3.8, 4) is 0 Å². The average molecular weight is 208 g/mol. The van der Waals surface area contributed by atoms with Gasteiger partial charge in [0.1, 0.15) is 5.69 Å². The lowest BCUT2D eigenvalue weighted by atomic mass is 10.2. The van der Waals surface area contributed by atoms with E-state index in [1.54, 1.807) is 6.07 Å². The molecule has 0 saturated heterocycles. The summed E-state index contributed by atoms with van der Waals surface area (Å²) in [6.45, 7) is 7.04. The summed E-state index contributed by atoms with van der Waals surface area (Å²) in [5.41, 5.74) is 0.992. The van der Waals surface area contributed by atoms with E-state index in [1.165, 1.54) is 6.20 Å². The van der Waals surface area contributed by atoms with E-state index in [-0.39, 0.29) is 5.69 Å². The van der Waals surface area contributed by atoms with Crippen LogP contribution in [0.15, 0.2) is 18.3 Å². The van der Waals surface area contributed by atoms with Crippen LogP contribution in [0, 0.1) is 0 Å². The van der Waals surface area contributed by atoms with Crippen molar-refractivity contribution in [2.45, 2.75) is 26.8 Å². The van der Waals surface area contributed by atoms with Gasteiger partial charge in [-0.15, -0.1) is 0 Å². The summed E-state index contributed by atoms with van der Waals surface area (Å²) in [6, 6.07) is 3.78. The third-order valence-corrected chi connectivity index (χ3v) is 2.26. The first kappa shape index (κ1) is 11.5. The van der Waals surface area contributed by atoms with E-state index >= 15 is 0 Å². The number of carbonyl (C=O) groups is 1. The van der Waals surface area contributed by atoms with Crippen molar-refractivity contribution < 1.29 is 9.90 Å². The van der Waals surface area contributed by atoms with Crippen LogP contribution >= 0.6 is 0 Å². The zero-order chi connectivity index (χ0) is 11.4. The van der Waals surface area contributed by atoms with Crippen LogP contribution in [0.3, 0.4) is 0 Å². The molecule has 0 amide bonds. The quantitative estimate of drug-likeness (QED) is 0.822. The van der Waals surface area contributed by atoms with Crippen LogP contribution in [0.1, 0.15) is 31.3 Å². The van der Waals surface area contributed by atoms with E-state index in [0.717, 1.165) is 12.2 Å². The summed E-state index contributed by atoms with van der Waals surface area (Å²) >= 11 is 0. The van der Waals surface area contributed by atoms with Gasteiger partial charge in [-0.1, -0.05) is 0 Å². The highest BCUT2D eigenvalue weighted by atomic mass is 16.4. The summed E-state index contributed by atoms with van der Waals surface area (Å²) < 4.78 is 0. The molecular weight excluding hydrogens is 192 g/mol. The number of hydrogen-bond donors (Lipinski definition) is 1. The molecule has 0 bridgehead atoms. The minimum Gasteiger partial charge on any atom is -0.477 e. The van der Waals surface area contributed by atoms with Gasteiger partial charge in [-0.2, -0.15) is 0 Å². The number of nitrogens with zero attached hydrogens (tertiary/aromatic N) is 2. The van der Waals surface area contributed by atoms with Crippen molar-refractivity contribution in [2.24, 2.45) is 0 Å². The predicted molar refractivity (Wildman–Crippen MR) is 59.4 cm³/mol. The van der Waals surface area contributed by atoms with Crippen LogP contribution in [0.5, 0.6) is 0 Å². The number of aromatic carboxylic acids is 1. The monoisotopic (exact) mass is 208 g/mol. The molecule has 4 heteroatoms. The predicted octanol–water partition coefficient (Wildman–Crippen LogP) is 2.01. The maximum atomic E-state index is 10.8. The van der Waals surface area contributed by atoms with E-state index in [9.17, 15) is 4.79 Å². The molecule has 1 aromatic rings. The van der Waals surface area contributed by atoms with Crippen molar-refractivity contribution in [3.05, 3.63) is 24.0 Å². The second kappa shape index (κ2) is 4.77. The molecule has 1 heterocycles. The summed E-state index contributed by atoms with van der Waals surface area (Å²) in [6.07, 6.45) is 1.53. The summed E-state index contributed by atoms with van der Waals surface area (Å²) in [4.78, 5) is 16.7. The Kier molecular flexibility index (Phi) is 3.66. The van der Waals surface area contributed by atoms with Crippen LogP contribution < -0.4 is 4.90 Å². The fourth-order valence-electron chi connectivity index (χ4n) is 1.56. The van der Waals surface area contributed by atoms with E-state index in [1.807, 2.05) is 13.0 Å². The molecule has 4 nitrogen and oxygen atoms in total. The standard InChI is InChI=1S/C11H16N2O2/c1-4-13(8(2)3)9-5-6-12-10(7-9)11(14)15/h5-8H,4H2,1-3H3,(H,14,15). The smallest absolute Gasteiger partial charge is 0.354 e. The number of aromatic nitrogens is 1. The first-order valence-electron chi connectivity index (χ1n) is 5.02. The molecule has 0 radical (unpaired) electrons. The van der Waals surface area contributed by atoms with E-state index in [2.05, 4.69) is 23.7 Å². The van der Waals surface area contributed by atoms with Gasteiger partial charge in [0.15, 0.2) is 0 Å². The van der Waals surface area contributed by atoms with Gasteiger partial charge in [-0.05, 0) is 32.9 Å². The van der Waals surface area contributed by atoms with Gasteiger partial charge < -0.3 is 10.0 Å². The van der Waals surface area contributed by atoms with Crippen LogP contribution in [-0.2, 0) is 0 Å². The minimum absolute atomic E-state index is 0.0894. The lowest BCUT2D eigenvalue weighted by Gasteiger charge is -2.27. The Morgan fingerprint density at radius 2 is 2.27 bits per heavy atom. The third-order valence-electron chi connectivity index (χ3n) is 2.26. The van der Waals surface area contributed by atoms with Crippen LogP contribution in [0.25, 0.3) is 0 Å². The minimum atomic E-state index is -0.989. The lowest BCUT2D eigenvalue weighted by Crippen LogP contribution is -2.30. The maximum Gasteiger partial charge on any atom is 0.354 e. The zero-order valence-corrected chi connectivity index (χ0v) is 9.27. The highest BCUT2D eigenvalue weighted by molar-refractivity contribution is 5.86. The molecule has 15 heavy (non-hydrogen) atoms. The first-order chi connectivity index (χ1) is 7.06. The van der Waals surface area contributed by atoms with E-state index in [4.69, 9.17) is 5.11 Å². The largest absolute Gasteiger partial charge is 0.477 e. The number of rotatable bonds is 4. The molecule has 0 saturated carbocycles. The fourth-order valence-corrected chi connectivity index (χ4v) is 1.56. The average Bonchev–Trinajstić information content (AvgIpc) is 2.18. The Morgan fingerprint density at radius 3 is 2.73 bits per heavy atom. The Hall–Kier alpha value is -1.58. The molecule has 0 aliphatic heterocycles. The molecule has 0 unspecified atom stereocenters. The molecule has 0 aromatic carbocycles. The molecule has 0 aliphatic carbocycles. The van der Waals surface area contributed by atoms with Crippen LogP contribution in [0.4, 0.5) is 5.69 Å². The topological polar surface area (TPSA) is 53.4 Å². The molecule has 1 rings (SSSR count). The summed E-state index contributed by atoms with van der Waals surface area (Å²) in [7, 11) is 0. The number of hydrogen-bond acceptors (Lipinski definition) is 3. The second-order valence-corrected chi connectivity index (χ2v) is 3.58. The second-order valence-electron chi connectivity index (χ2n) is 3.58. The number of carboxylic acids is 1. The molecule has 1 N–H and O–H groups in total. The van der Waals surface area contributed by atoms with Gasteiger partial charge in [0.25, 0.3) is 0 Å². The van der Waals surface area contributed by atoms with Gasteiger partial charge in [0.2, 0.25) is 0 Å². The molecule has 0 fully saturated rings. The molecular formula is C11H16N2O2. The number of pyridine rings is 1. The first-order valence-corrected chi connectivity index (χ1v) is 5.02. The Labute approximate surface area is 89.6 Å². The third kappa shape index (κ3) is 2.68. The number of anilines is 1. The lowest BCUT2D eigenvalue weighted by molar-refractivity contribution is 0.0690. The van der Waals surface area contributed by atoms with Crippen molar-refractivity contribution in [1.82, 2.24) is 4.98 Å². The molecule has 1 aromatic heterocycles. The molecule has 0 spiro atoms. The van der Waals surface area contributed by atoms with Crippen molar-refractivity contribution >= 4 is 11.7 Å². The van der Waals surface area contributed by atoms with E-state index in [0.29, 0.717) is 6.04 Å². The summed E-state index contributed by atoms with van der Waals surface area (Å²) in [5, 5.41) is 8.82. The zero-order valence-electron chi connectivity index (χ0n) is 9.27. The SMILES string of the molecule is CCN(c1ccnc(C(=O)O)c1)C(C)C. The Bertz CT molecular complexity index is 350. The highest BCUT2D eigenvalue weighted by Crippen LogP contribution is 2.16. The normalized spacial score (nSPS) is 10.4. The Balaban J connectivity index is 3.03. The van der Waals surface area contributed by atoms with Gasteiger partial charge in [0.05, 0.1) is 0 Å². The van der Waals surface area contributed by atoms with Crippen molar-refractivity contribution in [2.75, 3.05) is 11.4 Å². The van der Waals surface area contributed by atoms with Gasteiger partial charge in [0, 0.05) is 24.5 Å². The molecule has 0 aliphatic rings. The molecule has 0 atom stereocenters. The fraction of sp³-hybridized carbons (Fsp3) is 0.455. The van der Waals surface area contributed by atoms with Crippen molar-refractivity contribution in [1.29, 1.82) is 0 Å². The van der Waals surface area contributed by atoms with E-state index < -0.39 is 5.97 Å². The van der Waals surface area contributed by atoms with Gasteiger partial charge in [-0.25, -0.2) is 9.78 Å². The van der Waals surface area contributed by atoms with Crippen LogP contribution in [-0.4, -0.2) is 28.6 Å². The Morgan fingerprint density at radius 1 is 1.60 bits per heavy atom. The van der Waals surface area contributed by atoms with Gasteiger partial charge >= 0.3 is 5.97 Å². The van der Waals surface area contributed by atoms with Crippen molar-refractivity contribution in [3.63, 3.8) is 0 Å². The summed E-state index contributed by atoms with van der Waals surface area (Å²) in [5.74, 6) is -0.989. The number of carboxylic acid groups (broad SMARTS) is 1. The molecule has 82 valence electrons. The van der Waals surface area contributed by atoms with Gasteiger partial charge in [-0.3, -0.25) is 0 Å². The maximum absolute atomic E-state index is 10.8.